The summed E-state index contributed by atoms with van der Waals surface area (Å²) >= 11 is 5.48. The molecule has 0 radical (unpaired) electrons. The van der Waals surface area contributed by atoms with Crippen LogP contribution in [0.15, 0.2) is 23.1 Å². The lowest BCUT2D eigenvalue weighted by atomic mass is 10.0. The van der Waals surface area contributed by atoms with Gasteiger partial charge in [-0.15, -0.1) is 0 Å². The molecule has 0 aliphatic carbocycles. The van der Waals surface area contributed by atoms with Gasteiger partial charge in [0.05, 0.1) is 7.11 Å². The predicted octanol–water partition coefficient (Wildman–Crippen LogP) is 5.90. The van der Waals surface area contributed by atoms with Gasteiger partial charge < -0.3 is 4.74 Å². The van der Waals surface area contributed by atoms with Gasteiger partial charge in [0.2, 0.25) is 0 Å². The molecule has 26 heavy (non-hydrogen) atoms. The number of aryl methyl sites for hydroxylation is 1. The van der Waals surface area contributed by atoms with Crippen molar-refractivity contribution in [1.82, 2.24) is 0 Å². The molecule has 4 nitrogen and oxygen atoms in total. The minimum Gasteiger partial charge on any atom is -0.495 e. The third-order valence-electron chi connectivity index (χ3n) is 4.20. The first-order valence-corrected chi connectivity index (χ1v) is 12.6. The summed E-state index contributed by atoms with van der Waals surface area (Å²) in [5, 5.41) is 0. The zero-order valence-electron chi connectivity index (χ0n) is 15.0. The van der Waals surface area contributed by atoms with E-state index < -0.39 is 10.1 Å². The van der Waals surface area contributed by atoms with E-state index in [0.29, 0.717) is 6.42 Å². The third-order valence-corrected chi connectivity index (χ3v) is 8.37. The summed E-state index contributed by atoms with van der Waals surface area (Å²) in [6.45, 7) is 2.21. The lowest BCUT2D eigenvalue weighted by Gasteiger charge is -2.09. The Kier molecular flexibility index (Phi) is 8.22. The smallest absolute Gasteiger partial charge is 0.298 e. The maximum atomic E-state index is 11.6. The van der Waals surface area contributed by atoms with Gasteiger partial charge in [0.15, 0.2) is 0 Å². The molecule has 2 rings (SSSR count). The Morgan fingerprint density at radius 2 is 1.88 bits per heavy atom. The first kappa shape index (κ1) is 21.5. The second-order valence-corrected chi connectivity index (χ2v) is 10.4. The molecule has 0 spiro atoms. The maximum Gasteiger partial charge on any atom is 0.298 e. The van der Waals surface area contributed by atoms with E-state index in [9.17, 15) is 13.0 Å². The van der Waals surface area contributed by atoms with Gasteiger partial charge in [-0.25, -0.2) is 0 Å². The largest absolute Gasteiger partial charge is 0.495 e. The molecule has 2 aromatic rings. The second kappa shape index (κ2) is 9.94. The van der Waals surface area contributed by atoms with Crippen LogP contribution in [-0.4, -0.2) is 20.1 Å². The number of rotatable bonds is 10. The Bertz CT molecular complexity index is 881. The highest BCUT2D eigenvalue weighted by molar-refractivity contribution is 7.86. The lowest BCUT2D eigenvalue weighted by molar-refractivity contribution is 0.397. The van der Waals surface area contributed by atoms with E-state index in [1.165, 1.54) is 43.7 Å². The van der Waals surface area contributed by atoms with Crippen LogP contribution in [-0.2, 0) is 23.0 Å². The molecule has 1 heterocycles. The summed E-state index contributed by atoms with van der Waals surface area (Å²) in [6, 6.07) is 4.85. The Labute approximate surface area is 168 Å². The van der Waals surface area contributed by atoms with Gasteiger partial charge >= 0.3 is 0 Å². The van der Waals surface area contributed by atoms with Gasteiger partial charge in [-0.2, -0.15) is 8.42 Å². The molecule has 0 amide bonds. The Morgan fingerprint density at radius 1 is 1.15 bits per heavy atom. The molecule has 0 unspecified atom stereocenters. The highest BCUT2D eigenvalue weighted by Crippen LogP contribution is 2.31. The summed E-state index contributed by atoms with van der Waals surface area (Å²) < 4.78 is 38.5. The molecule has 0 aliphatic heterocycles. The van der Waals surface area contributed by atoms with Crippen LogP contribution < -0.4 is 4.74 Å². The van der Waals surface area contributed by atoms with Crippen molar-refractivity contribution < 1.29 is 17.7 Å². The summed E-state index contributed by atoms with van der Waals surface area (Å²) in [5.41, 5.74) is 1.90. The summed E-state index contributed by atoms with van der Waals surface area (Å²) in [6.07, 6.45) is 7.71. The van der Waals surface area contributed by atoms with Gasteiger partial charge in [-0.05, 0) is 36.1 Å². The van der Waals surface area contributed by atoms with Crippen LogP contribution in [0.25, 0.3) is 0 Å². The van der Waals surface area contributed by atoms with E-state index in [2.05, 4.69) is 6.92 Å². The molecule has 0 atom stereocenters. The van der Waals surface area contributed by atoms with Gasteiger partial charge in [0, 0.05) is 11.3 Å². The molecule has 1 aromatic heterocycles. The van der Waals surface area contributed by atoms with Crippen molar-refractivity contribution in [1.29, 1.82) is 0 Å². The lowest BCUT2D eigenvalue weighted by Crippen LogP contribution is -2.03. The number of methoxy groups -OCH3 is 1. The Balaban J connectivity index is 2.18. The highest BCUT2D eigenvalue weighted by atomic mass is 32.9. The number of ether oxygens (including phenoxy) is 1. The monoisotopic (exact) mass is 432 g/mol. The molecule has 8 heteroatoms. The van der Waals surface area contributed by atoms with Crippen LogP contribution in [0.3, 0.4) is 0 Å². The average Bonchev–Trinajstić information content (AvgIpc) is 2.94. The zero-order chi connectivity index (χ0) is 19.2. The van der Waals surface area contributed by atoms with E-state index in [1.54, 1.807) is 26.7 Å². The van der Waals surface area contributed by atoms with Gasteiger partial charge in [0.1, 0.15) is 14.5 Å². The van der Waals surface area contributed by atoms with Crippen molar-refractivity contribution in [3.05, 3.63) is 38.0 Å². The van der Waals surface area contributed by atoms with Crippen molar-refractivity contribution in [3.8, 4) is 5.75 Å². The van der Waals surface area contributed by atoms with Crippen molar-refractivity contribution in [2.75, 3.05) is 7.11 Å². The van der Waals surface area contributed by atoms with E-state index >= 15 is 0 Å². The molecule has 1 aromatic carbocycles. The zero-order valence-corrected chi connectivity index (χ0v) is 18.3. The standard InChI is InChI=1S/C18H24O4S4/c1-3-4-5-6-7-8-16-14(18(23)25-24-16)11-13-9-10-15(22-2)17(12-13)26(19,20)21/h9-10,12H,3-8,11H2,1-2H3,(H,19,20,21). The van der Waals surface area contributed by atoms with E-state index in [1.807, 2.05) is 6.07 Å². The second-order valence-electron chi connectivity index (χ2n) is 6.16. The number of benzene rings is 1. The van der Waals surface area contributed by atoms with Crippen LogP contribution in [0.1, 0.15) is 55.0 Å². The van der Waals surface area contributed by atoms with Crippen molar-refractivity contribution >= 4 is 43.0 Å². The summed E-state index contributed by atoms with van der Waals surface area (Å²) in [5.74, 6) is 0.138. The molecular formula is C18H24O4S4. The van der Waals surface area contributed by atoms with Gasteiger partial charge in [-0.1, -0.05) is 71.6 Å². The van der Waals surface area contributed by atoms with Crippen LogP contribution in [0.2, 0.25) is 0 Å². The fraction of sp³-hybridized carbons (Fsp3) is 0.500. The first-order valence-electron chi connectivity index (χ1n) is 8.62. The number of hydrogen-bond donors (Lipinski definition) is 1. The number of unbranched alkanes of at least 4 members (excludes halogenated alkanes) is 4. The Morgan fingerprint density at radius 3 is 2.54 bits per heavy atom. The average molecular weight is 433 g/mol. The Hall–Kier alpha value is -0.800. The topological polar surface area (TPSA) is 63.6 Å². The molecule has 0 bridgehead atoms. The molecule has 1 N–H and O–H groups in total. The quantitative estimate of drug-likeness (QED) is 0.219. The normalized spacial score (nSPS) is 11.7. The maximum absolute atomic E-state index is 11.6. The minimum absolute atomic E-state index is 0.138. The van der Waals surface area contributed by atoms with E-state index in [0.717, 1.165) is 27.8 Å². The first-order chi connectivity index (χ1) is 12.4. The van der Waals surface area contributed by atoms with Crippen molar-refractivity contribution in [3.63, 3.8) is 0 Å². The SMILES string of the molecule is CCCCCCCc1ssc(=S)c1Cc1ccc(OC)c(S(=O)(=O)O)c1. The third kappa shape index (κ3) is 5.85. The molecule has 0 saturated carbocycles. The summed E-state index contributed by atoms with van der Waals surface area (Å²) in [7, 11) is 0.363. The van der Waals surface area contributed by atoms with Crippen molar-refractivity contribution in [2.45, 2.75) is 56.8 Å². The molecule has 0 saturated heterocycles. The van der Waals surface area contributed by atoms with Gasteiger partial charge in [-0.3, -0.25) is 4.55 Å². The van der Waals surface area contributed by atoms with Crippen LogP contribution >= 0.6 is 32.9 Å². The highest BCUT2D eigenvalue weighted by Gasteiger charge is 2.18. The van der Waals surface area contributed by atoms with E-state index in [-0.39, 0.29) is 10.6 Å². The van der Waals surface area contributed by atoms with Crippen LogP contribution in [0.5, 0.6) is 5.75 Å². The number of hydrogen-bond acceptors (Lipinski definition) is 6. The van der Waals surface area contributed by atoms with E-state index in [4.69, 9.17) is 17.0 Å². The molecule has 0 fully saturated rings. The molecular weight excluding hydrogens is 408 g/mol. The fourth-order valence-electron chi connectivity index (χ4n) is 2.79. The van der Waals surface area contributed by atoms with Crippen LogP contribution in [0, 0.1) is 3.82 Å². The minimum atomic E-state index is -4.34. The fourth-order valence-corrected chi connectivity index (χ4v) is 6.49. The molecule has 144 valence electrons. The van der Waals surface area contributed by atoms with Gasteiger partial charge in [0.25, 0.3) is 10.1 Å². The summed E-state index contributed by atoms with van der Waals surface area (Å²) in [4.78, 5) is 1.09. The molecule has 0 aliphatic rings. The predicted molar refractivity (Wildman–Crippen MR) is 111 cm³/mol. The van der Waals surface area contributed by atoms with Crippen LogP contribution in [0.4, 0.5) is 0 Å². The van der Waals surface area contributed by atoms with Crippen molar-refractivity contribution in [2.24, 2.45) is 0 Å².